The number of rotatable bonds is 6. The molecule has 1 N–H and O–H groups in total. The van der Waals surface area contributed by atoms with Crippen molar-refractivity contribution in [2.75, 3.05) is 11.9 Å². The molecule has 0 aliphatic heterocycles. The molecule has 0 spiro atoms. The number of nitrogens with zero attached hydrogens (tertiary/aromatic N) is 1. The third-order valence-corrected chi connectivity index (χ3v) is 3.57. The van der Waals surface area contributed by atoms with Gasteiger partial charge in [-0.05, 0) is 24.3 Å². The van der Waals surface area contributed by atoms with Gasteiger partial charge < -0.3 is 14.5 Å². The van der Waals surface area contributed by atoms with E-state index in [2.05, 4.69) is 5.32 Å². The van der Waals surface area contributed by atoms with Crippen LogP contribution in [0.5, 0.6) is 0 Å². The second kappa shape index (κ2) is 8.32. The van der Waals surface area contributed by atoms with Crippen LogP contribution in [-0.4, -0.2) is 23.4 Å². The Kier molecular flexibility index (Phi) is 6.15. The molecule has 1 aromatic carbocycles. The summed E-state index contributed by atoms with van der Waals surface area (Å²) >= 11 is 11.7. The van der Waals surface area contributed by atoms with E-state index in [1.54, 1.807) is 12.1 Å². The Labute approximate surface area is 151 Å². The van der Waals surface area contributed by atoms with Gasteiger partial charge >= 0.3 is 11.9 Å². The molecule has 0 aliphatic carbocycles. The molecule has 0 bridgehead atoms. The third kappa shape index (κ3) is 5.33. The molecule has 0 unspecified atom stereocenters. The first-order valence-corrected chi connectivity index (χ1v) is 7.45. The minimum Gasteiger partial charge on any atom is -0.452 e. The van der Waals surface area contributed by atoms with Gasteiger partial charge in [0.25, 0.3) is 5.91 Å². The molecule has 0 saturated heterocycles. The highest BCUT2D eigenvalue weighted by atomic mass is 35.5. The highest BCUT2D eigenvalue weighted by Crippen LogP contribution is 2.29. The fourth-order valence-corrected chi connectivity index (χ4v) is 2.00. The van der Waals surface area contributed by atoms with Crippen LogP contribution >= 0.6 is 23.2 Å². The van der Waals surface area contributed by atoms with E-state index in [0.29, 0.717) is 0 Å². The predicted octanol–water partition coefficient (Wildman–Crippen LogP) is 3.69. The summed E-state index contributed by atoms with van der Waals surface area (Å²) in [6.07, 6.45) is 2.16. The van der Waals surface area contributed by atoms with E-state index in [1.807, 2.05) is 0 Å². The Morgan fingerprint density at radius 3 is 2.72 bits per heavy atom. The lowest BCUT2D eigenvalue weighted by atomic mass is 10.3. The minimum atomic E-state index is -0.827. The summed E-state index contributed by atoms with van der Waals surface area (Å²) < 4.78 is 9.56. The molecule has 2 rings (SSSR count). The Bertz CT molecular complexity index is 846. The average Bonchev–Trinajstić information content (AvgIpc) is 3.04. The van der Waals surface area contributed by atoms with Crippen molar-refractivity contribution in [3.63, 3.8) is 0 Å². The summed E-state index contributed by atoms with van der Waals surface area (Å²) in [6, 6.07) is 7.16. The van der Waals surface area contributed by atoms with Gasteiger partial charge in [0.1, 0.15) is 10.7 Å². The number of esters is 1. The first kappa shape index (κ1) is 18.5. The van der Waals surface area contributed by atoms with Crippen LogP contribution in [0.2, 0.25) is 10.0 Å². The van der Waals surface area contributed by atoms with Crippen molar-refractivity contribution in [3.8, 4) is 0 Å². The minimum absolute atomic E-state index is 0.0961. The monoisotopic (exact) mass is 384 g/mol. The van der Waals surface area contributed by atoms with E-state index in [4.69, 9.17) is 32.4 Å². The van der Waals surface area contributed by atoms with Crippen molar-refractivity contribution < 1.29 is 23.7 Å². The van der Waals surface area contributed by atoms with Gasteiger partial charge in [-0.2, -0.15) is 0 Å². The van der Waals surface area contributed by atoms with Crippen LogP contribution < -0.4 is 5.32 Å². The third-order valence-electron chi connectivity index (χ3n) is 2.75. The Hall–Kier alpha value is -2.84. The van der Waals surface area contributed by atoms with Crippen LogP contribution in [0.3, 0.4) is 0 Å². The second-order valence-electron chi connectivity index (χ2n) is 4.52. The fourth-order valence-electron chi connectivity index (χ4n) is 1.65. The van der Waals surface area contributed by atoms with Crippen LogP contribution in [0, 0.1) is 10.1 Å². The van der Waals surface area contributed by atoms with E-state index in [0.717, 1.165) is 12.1 Å². The lowest BCUT2D eigenvalue weighted by Crippen LogP contribution is -2.20. The van der Waals surface area contributed by atoms with Crippen molar-refractivity contribution in [2.24, 2.45) is 0 Å². The number of ether oxygens (including phenoxy) is 1. The van der Waals surface area contributed by atoms with Crippen molar-refractivity contribution >= 4 is 52.7 Å². The Morgan fingerprint density at radius 1 is 1.28 bits per heavy atom. The highest BCUT2D eigenvalue weighted by Gasteiger charge is 2.12. The van der Waals surface area contributed by atoms with Gasteiger partial charge in [-0.1, -0.05) is 29.3 Å². The van der Waals surface area contributed by atoms with Crippen LogP contribution in [0.25, 0.3) is 6.08 Å². The molecule has 0 radical (unpaired) electrons. The van der Waals surface area contributed by atoms with Gasteiger partial charge in [-0.3, -0.25) is 14.9 Å². The number of carbonyl (C=O) groups is 2. The first-order chi connectivity index (χ1) is 11.9. The van der Waals surface area contributed by atoms with Crippen LogP contribution in [0.4, 0.5) is 11.6 Å². The summed E-state index contributed by atoms with van der Waals surface area (Å²) in [6.45, 7) is -0.551. The Balaban J connectivity index is 1.84. The smallest absolute Gasteiger partial charge is 0.433 e. The quantitative estimate of drug-likeness (QED) is 0.351. The number of benzene rings is 1. The average molecular weight is 385 g/mol. The topological polar surface area (TPSA) is 112 Å². The maximum Gasteiger partial charge on any atom is 0.433 e. The van der Waals surface area contributed by atoms with Gasteiger partial charge in [0, 0.05) is 6.08 Å². The summed E-state index contributed by atoms with van der Waals surface area (Å²) in [5.41, 5.74) is 0.286. The normalized spacial score (nSPS) is 10.6. The number of amides is 1. The number of halogens is 2. The molecule has 1 heterocycles. The predicted molar refractivity (Wildman–Crippen MR) is 90.4 cm³/mol. The number of hydrogen-bond donors (Lipinski definition) is 1. The van der Waals surface area contributed by atoms with Gasteiger partial charge in [0.15, 0.2) is 6.61 Å². The van der Waals surface area contributed by atoms with Crippen LogP contribution in [-0.2, 0) is 14.3 Å². The maximum absolute atomic E-state index is 11.7. The number of nitrogens with one attached hydrogen (secondary N) is 1. The largest absolute Gasteiger partial charge is 0.452 e. The zero-order valence-electron chi connectivity index (χ0n) is 12.4. The van der Waals surface area contributed by atoms with Crippen molar-refractivity contribution in [1.29, 1.82) is 0 Å². The number of furan rings is 1. The molecule has 0 fully saturated rings. The van der Waals surface area contributed by atoms with E-state index in [-0.39, 0.29) is 21.5 Å². The van der Waals surface area contributed by atoms with Crippen LogP contribution in [0.1, 0.15) is 5.76 Å². The Morgan fingerprint density at radius 2 is 2.04 bits per heavy atom. The molecule has 0 aliphatic rings. The van der Waals surface area contributed by atoms with Gasteiger partial charge in [-0.25, -0.2) is 4.79 Å². The summed E-state index contributed by atoms with van der Waals surface area (Å²) in [7, 11) is 0. The molecule has 10 heteroatoms. The zero-order valence-corrected chi connectivity index (χ0v) is 13.9. The first-order valence-electron chi connectivity index (χ1n) is 6.69. The molecular weight excluding hydrogens is 375 g/mol. The van der Waals surface area contributed by atoms with Crippen molar-refractivity contribution in [2.45, 2.75) is 0 Å². The number of anilines is 1. The molecular formula is C15H10Cl2N2O6. The number of carbonyl (C=O) groups excluding carboxylic acids is 2. The van der Waals surface area contributed by atoms with E-state index in [1.165, 1.54) is 18.2 Å². The molecule has 130 valence electrons. The number of hydrogen-bond acceptors (Lipinski definition) is 6. The molecule has 1 aromatic heterocycles. The molecule has 0 saturated carbocycles. The molecule has 8 nitrogen and oxygen atoms in total. The van der Waals surface area contributed by atoms with Gasteiger partial charge in [0.2, 0.25) is 0 Å². The molecule has 2 aromatic rings. The highest BCUT2D eigenvalue weighted by molar-refractivity contribution is 6.44. The maximum atomic E-state index is 11.7. The number of nitro groups is 1. The molecule has 1 amide bonds. The van der Waals surface area contributed by atoms with Crippen LogP contribution in [0.15, 0.2) is 40.8 Å². The fraction of sp³-hybridized carbons (Fsp3) is 0.0667. The summed E-state index contributed by atoms with van der Waals surface area (Å²) in [5.74, 6) is -1.80. The van der Waals surface area contributed by atoms with E-state index >= 15 is 0 Å². The standard InChI is InChI=1S/C15H10Cl2N2O6/c16-10-2-1-3-11(15(10)17)18-12(20)8-24-14(21)7-5-9-4-6-13(25-9)19(22)23/h1-7H,8H2,(H,18,20)/b7-5+. The van der Waals surface area contributed by atoms with Gasteiger partial charge in [0.05, 0.1) is 21.8 Å². The zero-order chi connectivity index (χ0) is 18.4. The van der Waals surface area contributed by atoms with E-state index < -0.39 is 29.3 Å². The van der Waals surface area contributed by atoms with Gasteiger partial charge in [-0.15, -0.1) is 0 Å². The van der Waals surface area contributed by atoms with Crippen molar-refractivity contribution in [1.82, 2.24) is 0 Å². The SMILES string of the molecule is O=C(COC(=O)/C=C/c1ccc([N+](=O)[O-])o1)Nc1cccc(Cl)c1Cl. The summed E-state index contributed by atoms with van der Waals surface area (Å²) in [4.78, 5) is 33.0. The lowest BCUT2D eigenvalue weighted by Gasteiger charge is -2.07. The molecule has 0 atom stereocenters. The second-order valence-corrected chi connectivity index (χ2v) is 5.31. The van der Waals surface area contributed by atoms with Crippen molar-refractivity contribution in [3.05, 3.63) is 62.3 Å². The molecule has 25 heavy (non-hydrogen) atoms. The lowest BCUT2D eigenvalue weighted by molar-refractivity contribution is -0.402. The summed E-state index contributed by atoms with van der Waals surface area (Å²) in [5, 5.41) is 13.3. The van der Waals surface area contributed by atoms with E-state index in [9.17, 15) is 19.7 Å².